The first-order valence-electron chi connectivity index (χ1n) is 11.9. The Hall–Kier alpha value is -1.75. The van der Waals surface area contributed by atoms with Gasteiger partial charge in [-0.05, 0) is 80.8 Å². The summed E-state index contributed by atoms with van der Waals surface area (Å²) in [7, 11) is 0. The monoisotopic (exact) mass is 421 g/mol. The van der Waals surface area contributed by atoms with Crippen LogP contribution in [0.15, 0.2) is 41.6 Å². The highest BCUT2D eigenvalue weighted by atomic mass is 32.2. The number of hydrogen-bond donors (Lipinski definition) is 1. The van der Waals surface area contributed by atoms with Crippen LogP contribution in [0.2, 0.25) is 0 Å². The van der Waals surface area contributed by atoms with Gasteiger partial charge in [-0.15, -0.1) is 11.8 Å². The van der Waals surface area contributed by atoms with E-state index in [1.54, 1.807) is 6.20 Å². The van der Waals surface area contributed by atoms with Crippen molar-refractivity contribution in [3.8, 4) is 5.69 Å². The molecule has 1 heterocycles. The van der Waals surface area contributed by atoms with Crippen LogP contribution in [0.1, 0.15) is 68.1 Å². The molecule has 4 bridgehead atoms. The molecule has 0 unspecified atom stereocenters. The molecular formula is C25H31N3OS. The van der Waals surface area contributed by atoms with Crippen LogP contribution in [0.5, 0.6) is 0 Å². The van der Waals surface area contributed by atoms with Crippen molar-refractivity contribution in [1.29, 1.82) is 0 Å². The molecule has 0 atom stereocenters. The number of aromatic nitrogens is 2. The predicted molar refractivity (Wildman–Crippen MR) is 120 cm³/mol. The smallest absolute Gasteiger partial charge is 0.255 e. The zero-order valence-corrected chi connectivity index (χ0v) is 18.3. The fraction of sp³-hybridized carbons (Fsp3) is 0.600. The molecule has 158 valence electrons. The van der Waals surface area contributed by atoms with Crippen molar-refractivity contribution in [2.45, 2.75) is 74.1 Å². The maximum Gasteiger partial charge on any atom is 0.255 e. The van der Waals surface area contributed by atoms with Gasteiger partial charge < -0.3 is 5.32 Å². The highest BCUT2D eigenvalue weighted by Gasteiger charge is 2.48. The molecule has 0 saturated heterocycles. The van der Waals surface area contributed by atoms with E-state index in [-0.39, 0.29) is 5.91 Å². The molecular weight excluding hydrogens is 390 g/mol. The number of hydrogen-bond acceptors (Lipinski definition) is 3. The van der Waals surface area contributed by atoms with E-state index in [4.69, 9.17) is 0 Å². The molecule has 30 heavy (non-hydrogen) atoms. The minimum atomic E-state index is 0.0927. The average molecular weight is 422 g/mol. The Morgan fingerprint density at radius 3 is 2.30 bits per heavy atom. The number of nitrogens with one attached hydrogen (secondary N) is 1. The molecule has 5 aliphatic carbocycles. The van der Waals surface area contributed by atoms with Crippen LogP contribution in [0.25, 0.3) is 5.69 Å². The second kappa shape index (κ2) is 7.74. The number of carbonyl (C=O) groups excluding carboxylic acids is 1. The number of carbonyl (C=O) groups is 1. The summed E-state index contributed by atoms with van der Waals surface area (Å²) < 4.78 is 1.98. The largest absolute Gasteiger partial charge is 0.349 e. The fourth-order valence-corrected chi connectivity index (χ4v) is 8.32. The van der Waals surface area contributed by atoms with E-state index in [1.165, 1.54) is 57.8 Å². The lowest BCUT2D eigenvalue weighted by Crippen LogP contribution is -2.55. The standard InChI is InChI=1S/C25H31N3OS/c29-24(27-23-18-11-16-10-17(13-18)14-19(23)12-16)22-15-26-28(20-6-2-1-3-7-20)25(22)30-21-8-4-5-9-21/h1-3,6-7,15-19,21,23H,4-5,8-14H2,(H,27,29). The van der Waals surface area contributed by atoms with Crippen molar-refractivity contribution >= 4 is 17.7 Å². The summed E-state index contributed by atoms with van der Waals surface area (Å²) in [6.45, 7) is 0. The van der Waals surface area contributed by atoms with Crippen LogP contribution in [-0.4, -0.2) is 27.0 Å². The Morgan fingerprint density at radius 2 is 1.63 bits per heavy atom. The van der Waals surface area contributed by atoms with Crippen LogP contribution < -0.4 is 5.32 Å². The van der Waals surface area contributed by atoms with Crippen molar-refractivity contribution in [3.63, 3.8) is 0 Å². The Labute approximate surface area is 183 Å². The van der Waals surface area contributed by atoms with E-state index >= 15 is 0 Å². The van der Waals surface area contributed by atoms with Crippen molar-refractivity contribution in [1.82, 2.24) is 15.1 Å². The second-order valence-electron chi connectivity index (χ2n) is 10.1. The Morgan fingerprint density at radius 1 is 0.967 bits per heavy atom. The third kappa shape index (κ3) is 3.39. The number of thioether (sulfide) groups is 1. The van der Waals surface area contributed by atoms with E-state index in [0.29, 0.717) is 23.1 Å². The van der Waals surface area contributed by atoms with Crippen molar-refractivity contribution in [2.75, 3.05) is 0 Å². The SMILES string of the molecule is O=C(NC1C2CC3CC(C2)CC1C3)c1cnn(-c2ccccc2)c1SC1CCCC1. The van der Waals surface area contributed by atoms with Gasteiger partial charge in [0.05, 0.1) is 17.4 Å². The normalized spacial score (nSPS) is 32.6. The van der Waals surface area contributed by atoms with Gasteiger partial charge in [0.25, 0.3) is 5.91 Å². The van der Waals surface area contributed by atoms with Gasteiger partial charge in [0, 0.05) is 11.3 Å². The number of para-hydroxylation sites is 1. The first-order valence-corrected chi connectivity index (χ1v) is 12.7. The van der Waals surface area contributed by atoms with E-state index < -0.39 is 0 Å². The molecule has 1 amide bonds. The molecule has 1 aromatic heterocycles. The van der Waals surface area contributed by atoms with Crippen LogP contribution in [-0.2, 0) is 0 Å². The molecule has 5 fully saturated rings. The Bertz CT molecular complexity index is 890. The average Bonchev–Trinajstić information content (AvgIpc) is 3.41. The second-order valence-corrected chi connectivity index (χ2v) is 11.4. The Balaban J connectivity index is 1.28. The first kappa shape index (κ1) is 19.0. The van der Waals surface area contributed by atoms with Crippen LogP contribution >= 0.6 is 11.8 Å². The topological polar surface area (TPSA) is 46.9 Å². The van der Waals surface area contributed by atoms with Gasteiger partial charge >= 0.3 is 0 Å². The summed E-state index contributed by atoms with van der Waals surface area (Å²) >= 11 is 1.86. The highest BCUT2D eigenvalue weighted by molar-refractivity contribution is 8.00. The molecule has 0 aliphatic heterocycles. The van der Waals surface area contributed by atoms with Gasteiger partial charge in [-0.25, -0.2) is 4.68 Å². The molecule has 0 spiro atoms. The molecule has 1 aromatic carbocycles. The molecule has 2 aromatic rings. The van der Waals surface area contributed by atoms with Gasteiger partial charge in [-0.2, -0.15) is 5.10 Å². The minimum Gasteiger partial charge on any atom is -0.349 e. The van der Waals surface area contributed by atoms with E-state index in [0.717, 1.165) is 28.1 Å². The van der Waals surface area contributed by atoms with E-state index in [2.05, 4.69) is 22.5 Å². The molecule has 0 radical (unpaired) electrons. The van der Waals surface area contributed by atoms with E-state index in [1.807, 2.05) is 34.6 Å². The molecule has 4 nitrogen and oxygen atoms in total. The lowest BCUT2D eigenvalue weighted by atomic mass is 9.54. The van der Waals surface area contributed by atoms with Crippen LogP contribution in [0.4, 0.5) is 0 Å². The first-order chi connectivity index (χ1) is 14.7. The van der Waals surface area contributed by atoms with Crippen molar-refractivity contribution in [2.24, 2.45) is 23.7 Å². The Kier molecular flexibility index (Phi) is 4.90. The molecule has 5 aliphatic rings. The molecule has 1 N–H and O–H groups in total. The number of rotatable bonds is 5. The van der Waals surface area contributed by atoms with Gasteiger partial charge in [0.1, 0.15) is 5.03 Å². The summed E-state index contributed by atoms with van der Waals surface area (Å²) in [6, 6.07) is 10.6. The van der Waals surface area contributed by atoms with Gasteiger partial charge in [0.15, 0.2) is 0 Å². The minimum absolute atomic E-state index is 0.0927. The summed E-state index contributed by atoms with van der Waals surface area (Å²) in [6.07, 6.45) is 13.6. The number of amides is 1. The highest BCUT2D eigenvalue weighted by Crippen LogP contribution is 2.53. The third-order valence-corrected chi connectivity index (χ3v) is 9.50. The summed E-state index contributed by atoms with van der Waals surface area (Å²) in [5.41, 5.74) is 1.80. The lowest BCUT2D eigenvalue weighted by Gasteiger charge is -2.54. The quantitative estimate of drug-likeness (QED) is 0.697. The molecule has 5 saturated carbocycles. The molecule has 5 heteroatoms. The third-order valence-electron chi connectivity index (χ3n) is 8.08. The zero-order valence-electron chi connectivity index (χ0n) is 17.5. The zero-order chi connectivity index (χ0) is 20.1. The van der Waals surface area contributed by atoms with Crippen molar-refractivity contribution < 1.29 is 4.79 Å². The van der Waals surface area contributed by atoms with Crippen molar-refractivity contribution in [3.05, 3.63) is 42.1 Å². The maximum atomic E-state index is 13.5. The fourth-order valence-electron chi connectivity index (χ4n) is 6.91. The lowest BCUT2D eigenvalue weighted by molar-refractivity contribution is -0.0120. The van der Waals surface area contributed by atoms with Gasteiger partial charge in [-0.3, -0.25) is 4.79 Å². The molecule has 7 rings (SSSR count). The summed E-state index contributed by atoms with van der Waals surface area (Å²) in [4.78, 5) is 13.5. The number of benzene rings is 1. The predicted octanol–water partition coefficient (Wildman–Crippen LogP) is 5.46. The summed E-state index contributed by atoms with van der Waals surface area (Å²) in [5, 5.41) is 9.79. The maximum absolute atomic E-state index is 13.5. The van der Waals surface area contributed by atoms with Crippen LogP contribution in [0.3, 0.4) is 0 Å². The van der Waals surface area contributed by atoms with Gasteiger partial charge in [0.2, 0.25) is 0 Å². The summed E-state index contributed by atoms with van der Waals surface area (Å²) in [5.74, 6) is 3.33. The van der Waals surface area contributed by atoms with E-state index in [9.17, 15) is 4.79 Å². The number of nitrogens with zero attached hydrogens (tertiary/aromatic N) is 2. The van der Waals surface area contributed by atoms with Gasteiger partial charge in [-0.1, -0.05) is 31.0 Å². The van der Waals surface area contributed by atoms with Crippen LogP contribution in [0, 0.1) is 23.7 Å².